The number of rotatable bonds is 11. The van der Waals surface area contributed by atoms with E-state index in [1.165, 1.54) is 31.7 Å². The second-order valence-electron chi connectivity index (χ2n) is 6.67. The number of para-hydroxylation sites is 1. The van der Waals surface area contributed by atoms with Crippen molar-refractivity contribution < 1.29 is 52.4 Å². The maximum absolute atomic E-state index is 12.1. The van der Waals surface area contributed by atoms with Gasteiger partial charge in [-0.15, -0.1) is 0 Å². The molecule has 0 unspecified atom stereocenters. The SMILES string of the molecule is CCCCCCCCCc1cc([O-])c(S(=O)(=O)O)cc1Oc1ccccc1.[Na+]. The number of ether oxygens (including phenoxy) is 1. The minimum Gasteiger partial charge on any atom is -0.872 e. The third kappa shape index (κ3) is 8.13. The van der Waals surface area contributed by atoms with Crippen LogP contribution in [0.4, 0.5) is 0 Å². The smallest absolute Gasteiger partial charge is 0.872 e. The Morgan fingerprint density at radius 2 is 1.57 bits per heavy atom. The van der Waals surface area contributed by atoms with Crippen LogP contribution in [0, 0.1) is 0 Å². The Morgan fingerprint density at radius 1 is 0.964 bits per heavy atom. The Bertz CT molecular complexity index is 822. The van der Waals surface area contributed by atoms with E-state index in [1.54, 1.807) is 24.3 Å². The van der Waals surface area contributed by atoms with Crippen LogP contribution in [0.2, 0.25) is 0 Å². The van der Waals surface area contributed by atoms with Crippen LogP contribution in [0.15, 0.2) is 47.4 Å². The van der Waals surface area contributed by atoms with Crippen molar-refractivity contribution in [3.05, 3.63) is 48.0 Å². The fourth-order valence-corrected chi connectivity index (χ4v) is 3.53. The average Bonchev–Trinajstić information content (AvgIpc) is 2.62. The quantitative estimate of drug-likeness (QED) is 0.346. The van der Waals surface area contributed by atoms with E-state index in [2.05, 4.69) is 6.92 Å². The number of benzene rings is 2. The van der Waals surface area contributed by atoms with Crippen LogP contribution in [0.5, 0.6) is 17.2 Å². The summed E-state index contributed by atoms with van der Waals surface area (Å²) in [6.07, 6.45) is 8.62. The molecule has 0 amide bonds. The summed E-state index contributed by atoms with van der Waals surface area (Å²) in [7, 11) is -4.60. The third-order valence-electron chi connectivity index (χ3n) is 4.43. The summed E-state index contributed by atoms with van der Waals surface area (Å²) in [6.45, 7) is 2.19. The first kappa shape index (κ1) is 25.0. The van der Waals surface area contributed by atoms with E-state index in [0.717, 1.165) is 25.3 Å². The monoisotopic (exact) mass is 414 g/mol. The second kappa shape index (κ2) is 12.5. The zero-order valence-corrected chi connectivity index (χ0v) is 19.5. The van der Waals surface area contributed by atoms with Gasteiger partial charge < -0.3 is 9.84 Å². The van der Waals surface area contributed by atoms with Gasteiger partial charge >= 0.3 is 29.6 Å². The van der Waals surface area contributed by atoms with Crippen LogP contribution in [0.25, 0.3) is 0 Å². The summed E-state index contributed by atoms with van der Waals surface area (Å²) in [4.78, 5) is -0.656. The standard InChI is InChI=1S/C21H28O5S.Na/c1-2-3-4-5-6-7-9-12-17-15-19(22)21(27(23,24)25)16-20(17)26-18-13-10-8-11-14-18;/h8,10-11,13-16,22H,2-7,9,12H2,1H3,(H,23,24,25);/q;+1/p-1. The van der Waals surface area contributed by atoms with Gasteiger partial charge in [0.1, 0.15) is 11.5 Å². The number of hydrogen-bond acceptors (Lipinski definition) is 4. The molecule has 0 fully saturated rings. The molecular formula is C21H27NaO5S. The fraction of sp³-hybridized carbons (Fsp3) is 0.429. The Kier molecular flexibility index (Phi) is 11.2. The molecule has 0 saturated carbocycles. The first-order chi connectivity index (χ1) is 12.9. The summed E-state index contributed by atoms with van der Waals surface area (Å²) in [6, 6.07) is 11.3. The minimum atomic E-state index is -4.60. The zero-order chi connectivity index (χ0) is 19.7. The number of unbranched alkanes of at least 4 members (excludes halogenated alkanes) is 6. The molecular weight excluding hydrogens is 387 g/mol. The van der Waals surface area contributed by atoms with Gasteiger partial charge in [-0.25, -0.2) is 0 Å². The van der Waals surface area contributed by atoms with Crippen LogP contribution in [0.3, 0.4) is 0 Å². The van der Waals surface area contributed by atoms with E-state index in [4.69, 9.17) is 4.74 Å². The van der Waals surface area contributed by atoms with Crippen LogP contribution in [-0.2, 0) is 16.5 Å². The molecule has 28 heavy (non-hydrogen) atoms. The summed E-state index contributed by atoms with van der Waals surface area (Å²) in [5.41, 5.74) is 0.657. The Morgan fingerprint density at radius 3 is 2.18 bits per heavy atom. The average molecular weight is 414 g/mol. The number of hydrogen-bond donors (Lipinski definition) is 1. The molecule has 0 spiro atoms. The summed E-state index contributed by atoms with van der Waals surface area (Å²) in [5, 5.41) is 12.1. The molecule has 148 valence electrons. The minimum absolute atomic E-state index is 0. The molecule has 0 bridgehead atoms. The van der Waals surface area contributed by atoms with Gasteiger partial charge in [-0.05, 0) is 30.5 Å². The van der Waals surface area contributed by atoms with Crippen LogP contribution < -0.4 is 39.4 Å². The predicted molar refractivity (Wildman–Crippen MR) is 104 cm³/mol. The summed E-state index contributed by atoms with van der Waals surface area (Å²) in [5.74, 6) is 0.119. The van der Waals surface area contributed by atoms with Crippen molar-refractivity contribution in [3.8, 4) is 17.2 Å². The fourth-order valence-electron chi connectivity index (χ4n) is 2.96. The van der Waals surface area contributed by atoms with Gasteiger partial charge in [0.2, 0.25) is 0 Å². The first-order valence-corrected chi connectivity index (χ1v) is 10.9. The van der Waals surface area contributed by atoms with Crippen molar-refractivity contribution in [3.63, 3.8) is 0 Å². The topological polar surface area (TPSA) is 86.7 Å². The molecule has 7 heteroatoms. The molecule has 2 aromatic carbocycles. The van der Waals surface area contributed by atoms with Gasteiger partial charge in [0.15, 0.2) is 0 Å². The van der Waals surface area contributed by atoms with E-state index in [9.17, 15) is 18.1 Å². The maximum atomic E-state index is 12.1. The van der Waals surface area contributed by atoms with Crippen LogP contribution in [0.1, 0.15) is 57.4 Å². The Balaban J connectivity index is 0.00000392. The molecule has 5 nitrogen and oxygen atoms in total. The molecule has 1 N–H and O–H groups in total. The molecule has 2 rings (SSSR count). The summed E-state index contributed by atoms with van der Waals surface area (Å²) < 4.78 is 38.0. The molecule has 0 saturated heterocycles. The van der Waals surface area contributed by atoms with Crippen LogP contribution in [-0.4, -0.2) is 13.0 Å². The molecule has 0 aliphatic rings. The normalized spacial score (nSPS) is 11.1. The molecule has 0 heterocycles. The van der Waals surface area contributed by atoms with Gasteiger partial charge in [0, 0.05) is 6.07 Å². The predicted octanol–water partition coefficient (Wildman–Crippen LogP) is 2.10. The second-order valence-corrected chi connectivity index (χ2v) is 8.06. The molecule has 2 aromatic rings. The largest absolute Gasteiger partial charge is 1.00 e. The molecule has 0 aromatic heterocycles. The van der Waals surface area contributed by atoms with Gasteiger partial charge in [-0.2, -0.15) is 8.42 Å². The number of aryl methyl sites for hydroxylation is 1. The van der Waals surface area contributed by atoms with Crippen molar-refractivity contribution in [2.75, 3.05) is 0 Å². The van der Waals surface area contributed by atoms with Gasteiger partial charge in [0.25, 0.3) is 10.1 Å². The van der Waals surface area contributed by atoms with Crippen LogP contribution >= 0.6 is 0 Å². The van der Waals surface area contributed by atoms with E-state index in [0.29, 0.717) is 23.5 Å². The summed E-state index contributed by atoms with van der Waals surface area (Å²) >= 11 is 0. The van der Waals surface area contributed by atoms with E-state index >= 15 is 0 Å². The molecule has 0 aliphatic heterocycles. The van der Waals surface area contributed by atoms with E-state index < -0.39 is 20.8 Å². The zero-order valence-electron chi connectivity index (χ0n) is 16.7. The van der Waals surface area contributed by atoms with Crippen molar-refractivity contribution in [2.24, 2.45) is 0 Å². The van der Waals surface area contributed by atoms with Crippen molar-refractivity contribution in [2.45, 2.75) is 63.2 Å². The maximum Gasteiger partial charge on any atom is 1.00 e. The Hall–Kier alpha value is -1.05. The molecule has 0 aliphatic carbocycles. The van der Waals surface area contributed by atoms with Gasteiger partial charge in [-0.3, -0.25) is 4.55 Å². The first-order valence-electron chi connectivity index (χ1n) is 9.46. The van der Waals surface area contributed by atoms with E-state index in [-0.39, 0.29) is 29.6 Å². The molecule has 0 atom stereocenters. The third-order valence-corrected chi connectivity index (χ3v) is 5.30. The van der Waals surface area contributed by atoms with Gasteiger partial charge in [-0.1, -0.05) is 75.5 Å². The Labute approximate surface area is 190 Å². The van der Waals surface area contributed by atoms with Gasteiger partial charge in [0.05, 0.1) is 4.90 Å². The van der Waals surface area contributed by atoms with Crippen molar-refractivity contribution in [1.29, 1.82) is 0 Å². The van der Waals surface area contributed by atoms with E-state index in [1.807, 2.05) is 6.07 Å². The van der Waals surface area contributed by atoms with Crippen molar-refractivity contribution in [1.82, 2.24) is 0 Å². The molecule has 0 radical (unpaired) electrons. The van der Waals surface area contributed by atoms with Crippen molar-refractivity contribution >= 4 is 10.1 Å².